The second kappa shape index (κ2) is 11.4. The summed E-state index contributed by atoms with van der Waals surface area (Å²) in [5.41, 5.74) is 7.52. The molecule has 0 saturated heterocycles. The van der Waals surface area contributed by atoms with Crippen LogP contribution in [0, 0.1) is 0 Å². The molecule has 8 heteroatoms. The summed E-state index contributed by atoms with van der Waals surface area (Å²) in [5, 5.41) is 4.31. The molecule has 38 heavy (non-hydrogen) atoms. The maximum absolute atomic E-state index is 13.6. The number of nitrogens with zero attached hydrogens (tertiary/aromatic N) is 4. The quantitative estimate of drug-likeness (QED) is 0.312. The molecule has 0 bridgehead atoms. The van der Waals surface area contributed by atoms with Gasteiger partial charge in [-0.1, -0.05) is 78.0 Å². The van der Waals surface area contributed by atoms with E-state index in [-0.39, 0.29) is 11.9 Å². The van der Waals surface area contributed by atoms with Gasteiger partial charge in [-0.15, -0.1) is 0 Å². The van der Waals surface area contributed by atoms with E-state index in [4.69, 9.17) is 14.3 Å². The minimum absolute atomic E-state index is 0.0979. The maximum atomic E-state index is 13.6. The minimum atomic E-state index is -0.425. The van der Waals surface area contributed by atoms with Gasteiger partial charge in [-0.2, -0.15) is 4.98 Å². The Balaban J connectivity index is 1.39. The van der Waals surface area contributed by atoms with Crippen LogP contribution in [0.4, 0.5) is 0 Å². The number of nitrogens with one attached hydrogen (secondary N) is 1. The predicted molar refractivity (Wildman–Crippen MR) is 145 cm³/mol. The first kappa shape index (κ1) is 25.4. The summed E-state index contributed by atoms with van der Waals surface area (Å²) in [7, 11) is 5.52. The van der Waals surface area contributed by atoms with Gasteiger partial charge in [-0.3, -0.25) is 20.0 Å². The Kier molecular flexibility index (Phi) is 7.62. The first-order chi connectivity index (χ1) is 18.5. The van der Waals surface area contributed by atoms with E-state index in [1.54, 1.807) is 18.2 Å². The molecule has 1 unspecified atom stereocenters. The molecule has 2 heterocycles. The molecule has 0 radical (unpaired) electrons. The molecule has 0 fully saturated rings. The number of likely N-dealkylation sites (N-methyl/N-ethyl adjacent to an activating group) is 1. The fraction of sp³-hybridized carbons (Fsp3) is 0.233. The van der Waals surface area contributed by atoms with E-state index < -0.39 is 6.04 Å². The van der Waals surface area contributed by atoms with Gasteiger partial charge in [0.15, 0.2) is 5.82 Å². The summed E-state index contributed by atoms with van der Waals surface area (Å²) in [4.78, 5) is 27.2. The molecule has 5 rings (SSSR count). The third-order valence-electron chi connectivity index (χ3n) is 6.69. The zero-order valence-corrected chi connectivity index (χ0v) is 21.7. The standard InChI is InChI=1S/C30H31N5O3/c1-34(2)27(18-21-10-6-4-7-11-21)29-31-28(33-38-29)26-19-25(32-37-3)20-35(26)30(36)24-16-14-23(15-17-24)22-12-8-5-9-13-22/h4-17,20,26-27,32H,18-19H2,1-3H3/t26?,27-/m1/s1. The van der Waals surface area contributed by atoms with Gasteiger partial charge in [0.2, 0.25) is 5.89 Å². The number of benzene rings is 3. The molecule has 0 saturated carbocycles. The first-order valence-corrected chi connectivity index (χ1v) is 12.5. The number of hydroxylamine groups is 1. The van der Waals surface area contributed by atoms with Crippen LogP contribution < -0.4 is 5.48 Å². The number of hydrogen-bond acceptors (Lipinski definition) is 7. The Labute approximate surface area is 222 Å². The second-order valence-electron chi connectivity index (χ2n) is 9.50. The van der Waals surface area contributed by atoms with Crippen LogP contribution in [0.5, 0.6) is 0 Å². The lowest BCUT2D eigenvalue weighted by atomic mass is 10.0. The average molecular weight is 510 g/mol. The van der Waals surface area contributed by atoms with E-state index in [1.165, 1.54) is 5.56 Å². The summed E-state index contributed by atoms with van der Waals surface area (Å²) in [6.07, 6.45) is 2.96. The normalized spacial score (nSPS) is 15.9. The van der Waals surface area contributed by atoms with Crippen LogP contribution in [0.25, 0.3) is 11.1 Å². The zero-order valence-electron chi connectivity index (χ0n) is 21.7. The van der Waals surface area contributed by atoms with E-state index in [0.29, 0.717) is 23.7 Å². The second-order valence-corrected chi connectivity index (χ2v) is 9.50. The highest BCUT2D eigenvalue weighted by molar-refractivity contribution is 5.96. The SMILES string of the molecule is CONC1=CN(C(=O)c2ccc(-c3ccccc3)cc2)C(c2noc([C@@H](Cc3ccccc3)N(C)C)n2)C1. The molecule has 0 spiro atoms. The van der Waals surface area contributed by atoms with Crippen molar-refractivity contribution in [3.63, 3.8) is 0 Å². The predicted octanol–water partition coefficient (Wildman–Crippen LogP) is 5.16. The van der Waals surface area contributed by atoms with Crippen LogP contribution in [0.2, 0.25) is 0 Å². The number of amides is 1. The Hall–Kier alpha value is -4.27. The van der Waals surface area contributed by atoms with Crippen molar-refractivity contribution in [3.8, 4) is 11.1 Å². The van der Waals surface area contributed by atoms with E-state index >= 15 is 0 Å². The molecule has 0 aliphatic carbocycles. The minimum Gasteiger partial charge on any atom is -0.338 e. The highest BCUT2D eigenvalue weighted by atomic mass is 16.6. The van der Waals surface area contributed by atoms with Gasteiger partial charge in [0, 0.05) is 18.2 Å². The number of carbonyl (C=O) groups excluding carboxylic acids is 1. The van der Waals surface area contributed by atoms with Crippen LogP contribution in [0.1, 0.15) is 46.1 Å². The van der Waals surface area contributed by atoms with Crippen LogP contribution in [0.3, 0.4) is 0 Å². The van der Waals surface area contributed by atoms with Crippen molar-refractivity contribution < 1.29 is 14.2 Å². The molecule has 2 atom stereocenters. The lowest BCUT2D eigenvalue weighted by molar-refractivity contribution is 0.0777. The molecule has 1 N–H and O–H groups in total. The largest absolute Gasteiger partial charge is 0.338 e. The summed E-state index contributed by atoms with van der Waals surface area (Å²) in [6.45, 7) is 0. The van der Waals surface area contributed by atoms with Gasteiger partial charge in [0.05, 0.1) is 18.8 Å². The number of aromatic nitrogens is 2. The summed E-state index contributed by atoms with van der Waals surface area (Å²) >= 11 is 0. The summed E-state index contributed by atoms with van der Waals surface area (Å²) in [6, 6.07) is 27.4. The van der Waals surface area contributed by atoms with E-state index in [9.17, 15) is 4.79 Å². The molecule has 1 amide bonds. The van der Waals surface area contributed by atoms with Gasteiger partial charge in [-0.25, -0.2) is 0 Å². The van der Waals surface area contributed by atoms with Crippen LogP contribution in [0.15, 0.2) is 101 Å². The van der Waals surface area contributed by atoms with Crippen LogP contribution in [-0.4, -0.2) is 47.1 Å². The first-order valence-electron chi connectivity index (χ1n) is 12.5. The van der Waals surface area contributed by atoms with Crippen molar-refractivity contribution in [2.45, 2.75) is 24.9 Å². The highest BCUT2D eigenvalue weighted by Gasteiger charge is 2.36. The van der Waals surface area contributed by atoms with E-state index in [0.717, 1.165) is 23.2 Å². The summed E-state index contributed by atoms with van der Waals surface area (Å²) < 4.78 is 5.75. The molecular weight excluding hydrogens is 478 g/mol. The van der Waals surface area contributed by atoms with Gasteiger partial charge >= 0.3 is 0 Å². The fourth-order valence-corrected chi connectivity index (χ4v) is 4.66. The Morgan fingerprint density at radius 1 is 1.03 bits per heavy atom. The maximum Gasteiger partial charge on any atom is 0.258 e. The van der Waals surface area contributed by atoms with E-state index in [1.807, 2.05) is 86.9 Å². The summed E-state index contributed by atoms with van der Waals surface area (Å²) in [5.74, 6) is 0.822. The molecule has 3 aromatic carbocycles. The monoisotopic (exact) mass is 509 g/mol. The van der Waals surface area contributed by atoms with Gasteiger partial charge in [0.25, 0.3) is 5.91 Å². The number of carbonyl (C=O) groups is 1. The van der Waals surface area contributed by atoms with Gasteiger partial charge in [0.1, 0.15) is 6.04 Å². The lowest BCUT2D eigenvalue weighted by Gasteiger charge is -2.22. The molecule has 1 aliphatic heterocycles. The number of hydrogen-bond donors (Lipinski definition) is 1. The van der Waals surface area contributed by atoms with Crippen molar-refractivity contribution in [2.24, 2.45) is 0 Å². The van der Waals surface area contributed by atoms with Crippen molar-refractivity contribution in [1.82, 2.24) is 25.4 Å². The number of rotatable bonds is 9. The van der Waals surface area contributed by atoms with Gasteiger partial charge in [-0.05, 0) is 49.3 Å². The zero-order chi connectivity index (χ0) is 26.5. The van der Waals surface area contributed by atoms with E-state index in [2.05, 4.69) is 27.7 Å². The van der Waals surface area contributed by atoms with Crippen molar-refractivity contribution >= 4 is 5.91 Å². The molecule has 4 aromatic rings. The van der Waals surface area contributed by atoms with Crippen LogP contribution >= 0.6 is 0 Å². The van der Waals surface area contributed by atoms with Crippen molar-refractivity contribution in [2.75, 3.05) is 21.2 Å². The van der Waals surface area contributed by atoms with Crippen molar-refractivity contribution in [1.29, 1.82) is 0 Å². The smallest absolute Gasteiger partial charge is 0.258 e. The van der Waals surface area contributed by atoms with Crippen molar-refractivity contribution in [3.05, 3.63) is 120 Å². The molecule has 1 aromatic heterocycles. The topological polar surface area (TPSA) is 83.7 Å². The molecular formula is C30H31N5O3. The fourth-order valence-electron chi connectivity index (χ4n) is 4.66. The Morgan fingerprint density at radius 3 is 2.34 bits per heavy atom. The molecule has 194 valence electrons. The molecule has 1 aliphatic rings. The van der Waals surface area contributed by atoms with Gasteiger partial charge < -0.3 is 9.42 Å². The third-order valence-corrected chi connectivity index (χ3v) is 6.69. The lowest BCUT2D eigenvalue weighted by Crippen LogP contribution is -2.28. The Morgan fingerprint density at radius 2 is 1.68 bits per heavy atom. The average Bonchev–Trinajstić information content (AvgIpc) is 3.60. The highest BCUT2D eigenvalue weighted by Crippen LogP contribution is 2.34. The molecule has 8 nitrogen and oxygen atoms in total. The van der Waals surface area contributed by atoms with Crippen LogP contribution in [-0.2, 0) is 11.3 Å². The third kappa shape index (κ3) is 5.51. The Bertz CT molecular complexity index is 1380.